The summed E-state index contributed by atoms with van der Waals surface area (Å²) in [5.41, 5.74) is 3.26. The maximum atomic E-state index is 10.2. The van der Waals surface area contributed by atoms with E-state index in [1.807, 2.05) is 55.5 Å². The summed E-state index contributed by atoms with van der Waals surface area (Å²) in [6.45, 7) is 2.03. The van der Waals surface area contributed by atoms with E-state index in [1.165, 1.54) is 0 Å². The summed E-state index contributed by atoms with van der Waals surface area (Å²) in [7, 11) is 0. The largest absolute Gasteiger partial charge is 0.388 e. The highest BCUT2D eigenvalue weighted by Crippen LogP contribution is 2.27. The highest BCUT2D eigenvalue weighted by molar-refractivity contribution is 9.10. The van der Waals surface area contributed by atoms with Crippen LogP contribution in [-0.2, 0) is 6.42 Å². The van der Waals surface area contributed by atoms with Crippen LogP contribution in [0.3, 0.4) is 0 Å². The summed E-state index contributed by atoms with van der Waals surface area (Å²) < 4.78 is 0.964. The van der Waals surface area contributed by atoms with Gasteiger partial charge in [0.1, 0.15) is 0 Å². The molecule has 2 rings (SSSR count). The van der Waals surface area contributed by atoms with Gasteiger partial charge in [0.05, 0.1) is 6.10 Å². The van der Waals surface area contributed by atoms with E-state index in [4.69, 9.17) is 0 Å². The maximum absolute atomic E-state index is 10.2. The number of hydrogen-bond donors (Lipinski definition) is 1. The highest BCUT2D eigenvalue weighted by atomic mass is 79.9. The lowest BCUT2D eigenvalue weighted by Gasteiger charge is -2.13. The van der Waals surface area contributed by atoms with Gasteiger partial charge >= 0.3 is 0 Å². The normalized spacial score (nSPS) is 12.4. The van der Waals surface area contributed by atoms with Crippen molar-refractivity contribution < 1.29 is 5.11 Å². The van der Waals surface area contributed by atoms with Gasteiger partial charge in [-0.15, -0.1) is 0 Å². The summed E-state index contributed by atoms with van der Waals surface area (Å²) in [6, 6.07) is 16.1. The van der Waals surface area contributed by atoms with E-state index in [1.54, 1.807) is 0 Å². The molecule has 1 nitrogen and oxygen atoms in total. The molecule has 0 aromatic heterocycles. The van der Waals surface area contributed by atoms with E-state index in [-0.39, 0.29) is 0 Å². The molecule has 1 unspecified atom stereocenters. The highest BCUT2D eigenvalue weighted by Gasteiger charge is 2.11. The fourth-order valence-electron chi connectivity index (χ4n) is 1.87. The molecule has 2 aromatic rings. The van der Waals surface area contributed by atoms with E-state index in [0.717, 1.165) is 21.2 Å². The Labute approximate surface area is 110 Å². The summed E-state index contributed by atoms with van der Waals surface area (Å²) in [5.74, 6) is 0. The van der Waals surface area contributed by atoms with Crippen LogP contribution < -0.4 is 0 Å². The molecule has 17 heavy (non-hydrogen) atoms. The average Bonchev–Trinajstić information content (AvgIpc) is 2.33. The minimum atomic E-state index is -0.466. The van der Waals surface area contributed by atoms with Gasteiger partial charge in [-0.25, -0.2) is 0 Å². The van der Waals surface area contributed by atoms with Crippen LogP contribution in [0.1, 0.15) is 22.8 Å². The zero-order valence-electron chi connectivity index (χ0n) is 9.73. The van der Waals surface area contributed by atoms with Crippen molar-refractivity contribution in [1.29, 1.82) is 0 Å². The number of aliphatic hydroxyl groups excluding tert-OH is 1. The average molecular weight is 291 g/mol. The molecule has 0 saturated heterocycles. The van der Waals surface area contributed by atoms with Crippen LogP contribution in [0.2, 0.25) is 0 Å². The lowest BCUT2D eigenvalue weighted by atomic mass is 10.0. The number of benzene rings is 2. The molecule has 0 fully saturated rings. The third-order valence-corrected chi connectivity index (χ3v) is 3.50. The van der Waals surface area contributed by atoms with Crippen molar-refractivity contribution in [2.45, 2.75) is 19.4 Å². The van der Waals surface area contributed by atoms with E-state index in [0.29, 0.717) is 6.42 Å². The Morgan fingerprint density at radius 3 is 2.53 bits per heavy atom. The van der Waals surface area contributed by atoms with Gasteiger partial charge in [-0.1, -0.05) is 64.0 Å². The monoisotopic (exact) mass is 290 g/mol. The van der Waals surface area contributed by atoms with Crippen LogP contribution in [-0.4, -0.2) is 5.11 Å². The van der Waals surface area contributed by atoms with Crippen molar-refractivity contribution in [1.82, 2.24) is 0 Å². The first kappa shape index (κ1) is 12.3. The van der Waals surface area contributed by atoms with Gasteiger partial charge in [-0.2, -0.15) is 0 Å². The minimum absolute atomic E-state index is 0.466. The summed E-state index contributed by atoms with van der Waals surface area (Å²) in [6.07, 6.45) is 0.176. The molecule has 0 aliphatic carbocycles. The topological polar surface area (TPSA) is 20.2 Å². The van der Waals surface area contributed by atoms with Crippen LogP contribution in [0.15, 0.2) is 53.0 Å². The SMILES string of the molecule is Cc1ccc(Br)c(C(O)Cc2ccccc2)c1. The van der Waals surface area contributed by atoms with Crippen molar-refractivity contribution in [2.75, 3.05) is 0 Å². The number of halogens is 1. The first-order valence-corrected chi connectivity index (χ1v) is 6.44. The van der Waals surface area contributed by atoms with Gasteiger partial charge in [-0.05, 0) is 24.1 Å². The molecule has 0 saturated carbocycles. The molecule has 0 bridgehead atoms. The van der Waals surface area contributed by atoms with Crippen LogP contribution in [0.5, 0.6) is 0 Å². The number of aryl methyl sites for hydroxylation is 1. The molecule has 1 atom stereocenters. The van der Waals surface area contributed by atoms with Crippen LogP contribution in [0.25, 0.3) is 0 Å². The van der Waals surface area contributed by atoms with E-state index in [9.17, 15) is 5.11 Å². The molecule has 1 N–H and O–H groups in total. The molecule has 0 aliphatic rings. The van der Waals surface area contributed by atoms with Gasteiger partial charge in [0.25, 0.3) is 0 Å². The second kappa shape index (κ2) is 5.48. The minimum Gasteiger partial charge on any atom is -0.388 e. The van der Waals surface area contributed by atoms with E-state index in [2.05, 4.69) is 15.9 Å². The Kier molecular flexibility index (Phi) is 3.97. The van der Waals surface area contributed by atoms with Gasteiger partial charge in [0.2, 0.25) is 0 Å². The van der Waals surface area contributed by atoms with Crippen LogP contribution in [0.4, 0.5) is 0 Å². The zero-order valence-corrected chi connectivity index (χ0v) is 11.3. The third-order valence-electron chi connectivity index (χ3n) is 2.78. The fourth-order valence-corrected chi connectivity index (χ4v) is 2.38. The Morgan fingerprint density at radius 2 is 1.82 bits per heavy atom. The van der Waals surface area contributed by atoms with E-state index < -0.39 is 6.10 Å². The smallest absolute Gasteiger partial charge is 0.0841 e. The summed E-state index contributed by atoms with van der Waals surface area (Å²) in [5, 5.41) is 10.2. The second-order valence-electron chi connectivity index (χ2n) is 4.23. The molecule has 0 radical (unpaired) electrons. The Morgan fingerprint density at radius 1 is 1.12 bits per heavy atom. The molecule has 0 spiro atoms. The fraction of sp³-hybridized carbons (Fsp3) is 0.200. The molecular formula is C15H15BrO. The molecule has 2 aromatic carbocycles. The van der Waals surface area contributed by atoms with Gasteiger partial charge in [-0.3, -0.25) is 0 Å². The van der Waals surface area contributed by atoms with Crippen molar-refractivity contribution in [3.05, 3.63) is 69.7 Å². The second-order valence-corrected chi connectivity index (χ2v) is 5.08. The zero-order chi connectivity index (χ0) is 12.3. The van der Waals surface area contributed by atoms with Crippen molar-refractivity contribution in [3.8, 4) is 0 Å². The van der Waals surface area contributed by atoms with Crippen molar-refractivity contribution in [2.24, 2.45) is 0 Å². The first-order valence-electron chi connectivity index (χ1n) is 5.65. The summed E-state index contributed by atoms with van der Waals surface area (Å²) in [4.78, 5) is 0. The van der Waals surface area contributed by atoms with Gasteiger partial charge in [0.15, 0.2) is 0 Å². The third kappa shape index (κ3) is 3.18. The quantitative estimate of drug-likeness (QED) is 0.905. The predicted molar refractivity (Wildman–Crippen MR) is 74.0 cm³/mol. The molecule has 0 aliphatic heterocycles. The summed E-state index contributed by atoms with van der Waals surface area (Å²) >= 11 is 3.48. The van der Waals surface area contributed by atoms with E-state index >= 15 is 0 Å². The Balaban J connectivity index is 2.20. The van der Waals surface area contributed by atoms with Gasteiger partial charge in [0, 0.05) is 10.9 Å². The van der Waals surface area contributed by atoms with Crippen LogP contribution in [0, 0.1) is 6.92 Å². The Hall–Kier alpha value is -1.12. The lowest BCUT2D eigenvalue weighted by molar-refractivity contribution is 0.177. The molecular weight excluding hydrogens is 276 g/mol. The van der Waals surface area contributed by atoms with Gasteiger partial charge < -0.3 is 5.11 Å². The lowest BCUT2D eigenvalue weighted by Crippen LogP contribution is -2.03. The van der Waals surface area contributed by atoms with Crippen molar-refractivity contribution in [3.63, 3.8) is 0 Å². The Bertz CT molecular complexity index is 494. The first-order chi connectivity index (χ1) is 8.16. The predicted octanol–water partition coefficient (Wildman–Crippen LogP) is 4.03. The molecule has 88 valence electrons. The number of rotatable bonds is 3. The molecule has 0 amide bonds. The maximum Gasteiger partial charge on any atom is 0.0841 e. The van der Waals surface area contributed by atoms with Crippen molar-refractivity contribution >= 4 is 15.9 Å². The number of aliphatic hydroxyl groups is 1. The number of hydrogen-bond acceptors (Lipinski definition) is 1. The van der Waals surface area contributed by atoms with Crippen LogP contribution >= 0.6 is 15.9 Å². The standard InChI is InChI=1S/C15H15BrO/c1-11-7-8-14(16)13(9-11)15(17)10-12-5-3-2-4-6-12/h2-9,15,17H,10H2,1H3. The molecule has 2 heteroatoms. The molecule has 0 heterocycles.